The molecule has 0 spiro atoms. The molecule has 0 saturated heterocycles. The van der Waals surface area contributed by atoms with Crippen molar-refractivity contribution in [2.45, 2.75) is 32.9 Å². The Morgan fingerprint density at radius 3 is 2.54 bits per heavy atom. The molecule has 26 heavy (non-hydrogen) atoms. The molecule has 0 radical (unpaired) electrons. The summed E-state index contributed by atoms with van der Waals surface area (Å²) in [5, 5.41) is 2.81. The quantitative estimate of drug-likeness (QED) is 0.749. The molecule has 1 N–H and O–H groups in total. The third kappa shape index (κ3) is 5.29. The molecular weight excluding hydrogens is 398 g/mol. The van der Waals surface area contributed by atoms with Crippen molar-refractivity contribution in [2.24, 2.45) is 0 Å². The van der Waals surface area contributed by atoms with E-state index in [0.717, 1.165) is 0 Å². The van der Waals surface area contributed by atoms with E-state index in [-0.39, 0.29) is 23.9 Å². The number of nitrogens with one attached hydrogen (secondary N) is 1. The number of hydrogen-bond acceptors (Lipinski definition) is 3. The van der Waals surface area contributed by atoms with Crippen molar-refractivity contribution in [3.63, 3.8) is 0 Å². The maximum Gasteiger partial charge on any atom is 0.251 e. The van der Waals surface area contributed by atoms with Crippen LogP contribution >= 0.6 is 15.9 Å². The van der Waals surface area contributed by atoms with E-state index < -0.39 is 6.04 Å². The molecule has 1 aromatic carbocycles. The van der Waals surface area contributed by atoms with Crippen LogP contribution in [0.2, 0.25) is 0 Å². The molecule has 0 aliphatic carbocycles. The first kappa shape index (κ1) is 19.9. The summed E-state index contributed by atoms with van der Waals surface area (Å²) in [6.45, 7) is 3.95. The number of benzene rings is 1. The number of pyridine rings is 1. The third-order valence-electron chi connectivity index (χ3n) is 3.93. The molecule has 7 heteroatoms. The van der Waals surface area contributed by atoms with E-state index in [9.17, 15) is 14.4 Å². The predicted molar refractivity (Wildman–Crippen MR) is 105 cm³/mol. The van der Waals surface area contributed by atoms with Gasteiger partial charge in [0, 0.05) is 29.0 Å². The number of amides is 2. The number of carbonyl (C=O) groups is 2. The fourth-order valence-electron chi connectivity index (χ4n) is 2.55. The zero-order chi connectivity index (χ0) is 19.1. The average molecular weight is 420 g/mol. The van der Waals surface area contributed by atoms with Gasteiger partial charge < -0.3 is 14.8 Å². The summed E-state index contributed by atoms with van der Waals surface area (Å²) in [6.07, 6.45) is 2.28. The Hall–Kier alpha value is -2.41. The second-order valence-corrected chi connectivity index (χ2v) is 6.85. The highest BCUT2D eigenvalue weighted by atomic mass is 79.9. The van der Waals surface area contributed by atoms with E-state index in [2.05, 4.69) is 21.2 Å². The van der Waals surface area contributed by atoms with Crippen molar-refractivity contribution in [3.05, 3.63) is 63.5 Å². The molecule has 1 atom stereocenters. The number of halogens is 1. The van der Waals surface area contributed by atoms with Gasteiger partial charge in [-0.15, -0.1) is 0 Å². The smallest absolute Gasteiger partial charge is 0.251 e. The van der Waals surface area contributed by atoms with E-state index in [0.29, 0.717) is 23.1 Å². The normalized spacial score (nSPS) is 11.7. The fraction of sp³-hybridized carbons (Fsp3) is 0.316. The number of carbonyl (C=O) groups excluding carboxylic acids is 2. The lowest BCUT2D eigenvalue weighted by atomic mass is 10.2. The summed E-state index contributed by atoms with van der Waals surface area (Å²) < 4.78 is 2.04. The maximum atomic E-state index is 12.7. The first-order chi connectivity index (χ1) is 12.4. The number of anilines is 1. The Morgan fingerprint density at radius 2 is 1.88 bits per heavy atom. The molecule has 1 unspecified atom stereocenters. The molecule has 6 nitrogen and oxygen atoms in total. The van der Waals surface area contributed by atoms with E-state index in [1.54, 1.807) is 31.3 Å². The monoisotopic (exact) mass is 419 g/mol. The molecule has 0 fully saturated rings. The summed E-state index contributed by atoms with van der Waals surface area (Å²) in [7, 11) is 0. The van der Waals surface area contributed by atoms with Crippen LogP contribution in [0.3, 0.4) is 0 Å². The fourth-order valence-corrected chi connectivity index (χ4v) is 2.93. The van der Waals surface area contributed by atoms with Gasteiger partial charge in [0.2, 0.25) is 11.8 Å². The van der Waals surface area contributed by atoms with E-state index in [1.807, 2.05) is 25.1 Å². The number of para-hydroxylation sites is 1. The molecule has 138 valence electrons. The molecule has 0 saturated carbocycles. The van der Waals surface area contributed by atoms with Crippen molar-refractivity contribution >= 4 is 33.4 Å². The number of nitrogens with zero attached hydrogens (tertiary/aromatic N) is 2. The minimum Gasteiger partial charge on any atom is -0.329 e. The van der Waals surface area contributed by atoms with Gasteiger partial charge >= 0.3 is 0 Å². The Balaban J connectivity index is 2.12. The van der Waals surface area contributed by atoms with Crippen LogP contribution in [0.1, 0.15) is 20.3 Å². The number of aromatic nitrogens is 1. The molecule has 1 aromatic heterocycles. The van der Waals surface area contributed by atoms with Gasteiger partial charge in [0.1, 0.15) is 12.6 Å². The summed E-state index contributed by atoms with van der Waals surface area (Å²) in [5.74, 6) is -0.539. The molecule has 0 bridgehead atoms. The first-order valence-corrected chi connectivity index (χ1v) is 9.23. The highest BCUT2D eigenvalue weighted by Crippen LogP contribution is 2.10. The van der Waals surface area contributed by atoms with Crippen LogP contribution in [0.4, 0.5) is 5.69 Å². The van der Waals surface area contributed by atoms with Crippen molar-refractivity contribution < 1.29 is 9.59 Å². The Bertz CT molecular complexity index is 820. The van der Waals surface area contributed by atoms with Gasteiger partial charge in [-0.3, -0.25) is 14.4 Å². The van der Waals surface area contributed by atoms with Crippen LogP contribution in [0.25, 0.3) is 0 Å². The third-order valence-corrected chi connectivity index (χ3v) is 4.40. The highest BCUT2D eigenvalue weighted by molar-refractivity contribution is 9.10. The van der Waals surface area contributed by atoms with Gasteiger partial charge in [-0.05, 0) is 47.5 Å². The van der Waals surface area contributed by atoms with Crippen molar-refractivity contribution in [1.82, 2.24) is 9.47 Å². The predicted octanol–water partition coefficient (Wildman–Crippen LogP) is 2.88. The topological polar surface area (TPSA) is 71.4 Å². The van der Waals surface area contributed by atoms with Crippen molar-refractivity contribution in [2.75, 3.05) is 11.9 Å². The van der Waals surface area contributed by atoms with Gasteiger partial charge in [-0.2, -0.15) is 0 Å². The Labute approximate surface area is 160 Å². The van der Waals surface area contributed by atoms with Crippen LogP contribution in [0.5, 0.6) is 0 Å². The SMILES string of the molecule is CCCN(C(=O)Cn1cc(Br)ccc1=O)C(C)C(=O)Nc1ccccc1. The number of hydrogen-bond donors (Lipinski definition) is 1. The first-order valence-electron chi connectivity index (χ1n) is 8.43. The number of rotatable bonds is 7. The summed E-state index contributed by atoms with van der Waals surface area (Å²) in [5.41, 5.74) is 0.413. The second kappa shape index (κ2) is 9.33. The minimum absolute atomic E-state index is 0.110. The summed E-state index contributed by atoms with van der Waals surface area (Å²) in [6, 6.07) is 11.5. The summed E-state index contributed by atoms with van der Waals surface area (Å²) in [4.78, 5) is 38.7. The standard InChI is InChI=1S/C19H22BrN3O3/c1-3-11-23(14(2)19(26)21-16-7-5-4-6-8-16)18(25)13-22-12-15(20)9-10-17(22)24/h4-10,12,14H,3,11,13H2,1-2H3,(H,21,26). The van der Waals surface area contributed by atoms with E-state index in [1.165, 1.54) is 15.5 Å². The van der Waals surface area contributed by atoms with Crippen molar-refractivity contribution in [1.29, 1.82) is 0 Å². The summed E-state index contributed by atoms with van der Waals surface area (Å²) >= 11 is 3.29. The van der Waals surface area contributed by atoms with Crippen LogP contribution in [-0.4, -0.2) is 33.9 Å². The molecule has 2 rings (SSSR count). The lowest BCUT2D eigenvalue weighted by molar-refractivity contribution is -0.138. The van der Waals surface area contributed by atoms with Crippen molar-refractivity contribution in [3.8, 4) is 0 Å². The zero-order valence-corrected chi connectivity index (χ0v) is 16.4. The Kier molecular flexibility index (Phi) is 7.15. The van der Waals surface area contributed by atoms with Gasteiger partial charge in [0.05, 0.1) is 0 Å². The van der Waals surface area contributed by atoms with Crippen LogP contribution in [-0.2, 0) is 16.1 Å². The van der Waals surface area contributed by atoms with E-state index in [4.69, 9.17) is 0 Å². The van der Waals surface area contributed by atoms with Gasteiger partial charge in [-0.1, -0.05) is 25.1 Å². The molecule has 2 aromatic rings. The lowest BCUT2D eigenvalue weighted by Gasteiger charge is -2.28. The van der Waals surface area contributed by atoms with Gasteiger partial charge in [0.15, 0.2) is 0 Å². The molecule has 2 amide bonds. The minimum atomic E-state index is -0.648. The zero-order valence-electron chi connectivity index (χ0n) is 14.8. The highest BCUT2D eigenvalue weighted by Gasteiger charge is 2.25. The molecule has 1 heterocycles. The second-order valence-electron chi connectivity index (χ2n) is 5.93. The van der Waals surface area contributed by atoms with Crippen LogP contribution < -0.4 is 10.9 Å². The van der Waals surface area contributed by atoms with Gasteiger partial charge in [-0.25, -0.2) is 0 Å². The largest absolute Gasteiger partial charge is 0.329 e. The van der Waals surface area contributed by atoms with Crippen LogP contribution in [0, 0.1) is 0 Å². The molecule has 0 aliphatic heterocycles. The molecule has 0 aliphatic rings. The lowest BCUT2D eigenvalue weighted by Crippen LogP contribution is -2.47. The molecular formula is C19H22BrN3O3. The van der Waals surface area contributed by atoms with Crippen LogP contribution in [0.15, 0.2) is 57.9 Å². The maximum absolute atomic E-state index is 12.7. The van der Waals surface area contributed by atoms with E-state index >= 15 is 0 Å². The van der Waals surface area contributed by atoms with Gasteiger partial charge in [0.25, 0.3) is 5.56 Å². The Morgan fingerprint density at radius 1 is 1.19 bits per heavy atom. The average Bonchev–Trinajstić information content (AvgIpc) is 2.63.